The number of hydrogen-bond donors (Lipinski definition) is 1. The molecule has 0 spiro atoms. The van der Waals surface area contributed by atoms with Crippen LogP contribution in [0.15, 0.2) is 58.2 Å². The molecule has 10 heteroatoms. The van der Waals surface area contributed by atoms with Gasteiger partial charge >= 0.3 is 0 Å². The first-order valence-corrected chi connectivity index (χ1v) is 11.4. The number of amides is 1. The number of halogens is 1. The molecule has 1 amide bonds. The molecule has 8 nitrogen and oxygen atoms in total. The van der Waals surface area contributed by atoms with Crippen molar-refractivity contribution in [2.45, 2.75) is 32.1 Å². The zero-order valence-electron chi connectivity index (χ0n) is 17.6. The fraction of sp³-hybridized carbons (Fsp3) is 0.227. The second-order valence-corrected chi connectivity index (χ2v) is 8.41. The highest BCUT2D eigenvalue weighted by Gasteiger charge is 2.20. The summed E-state index contributed by atoms with van der Waals surface area (Å²) in [5.41, 5.74) is 2.96. The summed E-state index contributed by atoms with van der Waals surface area (Å²) in [6.45, 7) is 5.01. The van der Waals surface area contributed by atoms with Crippen LogP contribution in [0.25, 0.3) is 23.1 Å². The van der Waals surface area contributed by atoms with E-state index in [1.165, 1.54) is 11.8 Å². The predicted octanol–water partition coefficient (Wildman–Crippen LogP) is 4.39. The normalized spacial score (nSPS) is 11.0. The first kappa shape index (κ1) is 22.0. The highest BCUT2D eigenvalue weighted by Crippen LogP contribution is 2.25. The van der Waals surface area contributed by atoms with Crippen LogP contribution in [0.3, 0.4) is 0 Å². The third-order valence-electron chi connectivity index (χ3n) is 4.66. The molecule has 2 aromatic heterocycles. The number of carbonyl (C=O) groups excluding carboxylic acids is 1. The largest absolute Gasteiger partial charge is 0.351 e. The van der Waals surface area contributed by atoms with Crippen molar-refractivity contribution in [2.24, 2.45) is 0 Å². The lowest BCUT2D eigenvalue weighted by atomic mass is 10.1. The van der Waals surface area contributed by atoms with Crippen LogP contribution in [-0.4, -0.2) is 36.6 Å². The number of nitrogens with one attached hydrogen (secondary N) is 1. The summed E-state index contributed by atoms with van der Waals surface area (Å²) in [6, 6.07) is 15.2. The standard InChI is InChI=1S/C22H21ClN6O2S/c1-3-29-20(21-25-19(28-31-21)16-6-4-5-14(2)11-16)26-27-22(29)32-13-18(30)24-12-15-7-9-17(23)10-8-15/h4-11H,3,12-13H2,1-2H3,(H,24,30). The minimum atomic E-state index is -0.100. The number of aryl methyl sites for hydroxylation is 1. The van der Waals surface area contributed by atoms with Crippen molar-refractivity contribution in [2.75, 3.05) is 5.75 Å². The lowest BCUT2D eigenvalue weighted by molar-refractivity contribution is -0.118. The highest BCUT2D eigenvalue weighted by atomic mass is 35.5. The predicted molar refractivity (Wildman–Crippen MR) is 123 cm³/mol. The van der Waals surface area contributed by atoms with Gasteiger partial charge in [-0.15, -0.1) is 10.2 Å². The highest BCUT2D eigenvalue weighted by molar-refractivity contribution is 7.99. The molecule has 2 aromatic carbocycles. The van der Waals surface area contributed by atoms with Gasteiger partial charge in [-0.2, -0.15) is 4.98 Å². The SMILES string of the molecule is CCn1c(SCC(=O)NCc2ccc(Cl)cc2)nnc1-c1nc(-c2cccc(C)c2)no1. The number of hydrogen-bond acceptors (Lipinski definition) is 7. The summed E-state index contributed by atoms with van der Waals surface area (Å²) in [7, 11) is 0. The van der Waals surface area contributed by atoms with Gasteiger partial charge in [-0.3, -0.25) is 9.36 Å². The lowest BCUT2D eigenvalue weighted by Gasteiger charge is -2.06. The summed E-state index contributed by atoms with van der Waals surface area (Å²) in [5.74, 6) is 1.36. The summed E-state index contributed by atoms with van der Waals surface area (Å²) in [4.78, 5) is 16.7. The van der Waals surface area contributed by atoms with E-state index in [9.17, 15) is 4.79 Å². The van der Waals surface area contributed by atoms with Crippen LogP contribution >= 0.6 is 23.4 Å². The van der Waals surface area contributed by atoms with Crippen LogP contribution in [-0.2, 0) is 17.9 Å². The van der Waals surface area contributed by atoms with Gasteiger partial charge in [0.15, 0.2) is 5.16 Å². The molecule has 4 aromatic rings. The second kappa shape index (κ2) is 9.97. The molecule has 0 saturated carbocycles. The van der Waals surface area contributed by atoms with E-state index in [4.69, 9.17) is 16.1 Å². The second-order valence-electron chi connectivity index (χ2n) is 7.03. The van der Waals surface area contributed by atoms with E-state index < -0.39 is 0 Å². The average Bonchev–Trinajstić information content (AvgIpc) is 3.44. The van der Waals surface area contributed by atoms with Gasteiger partial charge in [-0.25, -0.2) is 0 Å². The molecule has 0 fully saturated rings. The van der Waals surface area contributed by atoms with Crippen LogP contribution < -0.4 is 5.32 Å². The van der Waals surface area contributed by atoms with Gasteiger partial charge in [0.05, 0.1) is 5.75 Å². The number of carbonyl (C=O) groups is 1. The topological polar surface area (TPSA) is 98.7 Å². The third kappa shape index (κ3) is 5.17. The van der Waals surface area contributed by atoms with E-state index in [2.05, 4.69) is 25.7 Å². The Balaban J connectivity index is 1.41. The van der Waals surface area contributed by atoms with E-state index in [0.717, 1.165) is 16.7 Å². The average molecular weight is 469 g/mol. The van der Waals surface area contributed by atoms with Gasteiger partial charge < -0.3 is 9.84 Å². The molecule has 164 valence electrons. The molecule has 0 aliphatic carbocycles. The molecule has 2 heterocycles. The van der Waals surface area contributed by atoms with E-state index in [-0.39, 0.29) is 17.6 Å². The molecule has 0 radical (unpaired) electrons. The zero-order valence-corrected chi connectivity index (χ0v) is 19.2. The van der Waals surface area contributed by atoms with Crippen LogP contribution in [0.5, 0.6) is 0 Å². The Morgan fingerprint density at radius 2 is 2.00 bits per heavy atom. The summed E-state index contributed by atoms with van der Waals surface area (Å²) < 4.78 is 7.29. The van der Waals surface area contributed by atoms with Crippen molar-refractivity contribution >= 4 is 29.3 Å². The molecule has 0 unspecified atom stereocenters. The molecule has 0 saturated heterocycles. The Bertz CT molecular complexity index is 1220. The molecule has 1 N–H and O–H groups in total. The summed E-state index contributed by atoms with van der Waals surface area (Å²) in [5, 5.41) is 16.7. The van der Waals surface area contributed by atoms with Crippen LogP contribution in [0.1, 0.15) is 18.1 Å². The van der Waals surface area contributed by atoms with Crippen molar-refractivity contribution in [3.8, 4) is 23.1 Å². The van der Waals surface area contributed by atoms with Crippen molar-refractivity contribution in [1.82, 2.24) is 30.2 Å². The third-order valence-corrected chi connectivity index (χ3v) is 5.88. The van der Waals surface area contributed by atoms with Crippen molar-refractivity contribution in [3.63, 3.8) is 0 Å². The van der Waals surface area contributed by atoms with Gasteiger partial charge in [0.2, 0.25) is 17.6 Å². The Labute approximate surface area is 194 Å². The minimum Gasteiger partial charge on any atom is -0.351 e. The maximum atomic E-state index is 12.3. The maximum Gasteiger partial charge on any atom is 0.296 e. The van der Waals surface area contributed by atoms with E-state index in [0.29, 0.717) is 34.9 Å². The van der Waals surface area contributed by atoms with Gasteiger partial charge in [-0.05, 0) is 37.6 Å². The van der Waals surface area contributed by atoms with E-state index >= 15 is 0 Å². The Hall–Kier alpha value is -3.17. The Morgan fingerprint density at radius 3 is 2.75 bits per heavy atom. The number of thioether (sulfide) groups is 1. The molecule has 32 heavy (non-hydrogen) atoms. The van der Waals surface area contributed by atoms with Crippen molar-refractivity contribution < 1.29 is 9.32 Å². The van der Waals surface area contributed by atoms with Crippen LogP contribution in [0.2, 0.25) is 5.02 Å². The zero-order chi connectivity index (χ0) is 22.5. The first-order valence-electron chi connectivity index (χ1n) is 10.0. The van der Waals surface area contributed by atoms with Gasteiger partial charge in [0, 0.05) is 23.7 Å². The smallest absolute Gasteiger partial charge is 0.296 e. The fourth-order valence-electron chi connectivity index (χ4n) is 3.04. The fourth-order valence-corrected chi connectivity index (χ4v) is 4.00. The van der Waals surface area contributed by atoms with Crippen LogP contribution in [0.4, 0.5) is 0 Å². The first-order chi connectivity index (χ1) is 15.5. The van der Waals surface area contributed by atoms with Crippen LogP contribution in [0, 0.1) is 6.92 Å². The van der Waals surface area contributed by atoms with E-state index in [1.54, 1.807) is 12.1 Å². The van der Waals surface area contributed by atoms with Gasteiger partial charge in [-0.1, -0.05) is 64.4 Å². The number of benzene rings is 2. The van der Waals surface area contributed by atoms with Crippen molar-refractivity contribution in [3.05, 3.63) is 64.7 Å². The van der Waals surface area contributed by atoms with Crippen molar-refractivity contribution in [1.29, 1.82) is 0 Å². The maximum absolute atomic E-state index is 12.3. The van der Waals surface area contributed by atoms with Gasteiger partial charge in [0.25, 0.3) is 5.89 Å². The number of rotatable bonds is 8. The molecule has 0 aliphatic heterocycles. The summed E-state index contributed by atoms with van der Waals surface area (Å²) in [6.07, 6.45) is 0. The Morgan fingerprint density at radius 1 is 1.19 bits per heavy atom. The molecule has 4 rings (SSSR count). The van der Waals surface area contributed by atoms with Gasteiger partial charge in [0.1, 0.15) is 0 Å². The molecular weight excluding hydrogens is 448 g/mol. The lowest BCUT2D eigenvalue weighted by Crippen LogP contribution is -2.24. The molecule has 0 aliphatic rings. The molecule has 0 bridgehead atoms. The number of aromatic nitrogens is 5. The minimum absolute atomic E-state index is 0.100. The summed E-state index contributed by atoms with van der Waals surface area (Å²) >= 11 is 7.19. The Kier molecular flexibility index (Phi) is 6.87. The molecule has 0 atom stereocenters. The quantitative estimate of drug-likeness (QED) is 0.383. The molecular formula is C22H21ClN6O2S. The monoisotopic (exact) mass is 468 g/mol. The number of nitrogens with zero attached hydrogens (tertiary/aromatic N) is 5. The van der Waals surface area contributed by atoms with E-state index in [1.807, 2.05) is 54.8 Å².